The van der Waals surface area contributed by atoms with E-state index in [1.54, 1.807) is 0 Å². The van der Waals surface area contributed by atoms with Crippen LogP contribution in [0, 0.1) is 10.1 Å². The maximum absolute atomic E-state index is 12.5. The molecule has 0 bridgehead atoms. The summed E-state index contributed by atoms with van der Waals surface area (Å²) in [6.45, 7) is -0.0117. The Morgan fingerprint density at radius 1 is 1.39 bits per heavy atom. The predicted octanol–water partition coefficient (Wildman–Crippen LogP) is 3.05. The van der Waals surface area contributed by atoms with Gasteiger partial charge in [-0.2, -0.15) is 0 Å². The van der Waals surface area contributed by atoms with Crippen LogP contribution in [0.1, 0.15) is 18.4 Å². The van der Waals surface area contributed by atoms with Gasteiger partial charge in [0.05, 0.1) is 23.6 Å². The molecule has 1 saturated heterocycles. The van der Waals surface area contributed by atoms with Crippen LogP contribution in [0.3, 0.4) is 0 Å². The van der Waals surface area contributed by atoms with Gasteiger partial charge in [0, 0.05) is 34.5 Å². The third kappa shape index (κ3) is 5.48. The maximum atomic E-state index is 12.5. The molecule has 2 rings (SSSR count). The summed E-state index contributed by atoms with van der Waals surface area (Å²) in [5.41, 5.74) is 17.6. The van der Waals surface area contributed by atoms with E-state index in [1.807, 2.05) is 0 Å². The lowest BCUT2D eigenvalue weighted by Crippen LogP contribution is -2.42. The number of carbonyl (C=O) groups is 1. The van der Waals surface area contributed by atoms with Crippen molar-refractivity contribution >= 4 is 11.8 Å². The molecule has 1 fully saturated rings. The normalized spacial score (nSPS) is 19.2. The molecule has 1 aliphatic heterocycles. The number of ether oxygens (including phenoxy) is 1. The van der Waals surface area contributed by atoms with Gasteiger partial charge >= 0.3 is 6.09 Å². The minimum absolute atomic E-state index is 0.0166. The number of hydrogen-bond acceptors (Lipinski definition) is 7. The summed E-state index contributed by atoms with van der Waals surface area (Å²) in [6.07, 6.45) is -1.08. The molecule has 1 amide bonds. The summed E-state index contributed by atoms with van der Waals surface area (Å²) in [7, 11) is 0. The number of nitrogens with zero attached hydrogens (tertiary/aromatic N) is 8. The number of rotatable bonds is 8. The van der Waals surface area contributed by atoms with Crippen molar-refractivity contribution in [2.24, 2.45) is 10.2 Å². The van der Waals surface area contributed by atoms with Gasteiger partial charge in [-0.25, -0.2) is 4.79 Å². The molecule has 13 heteroatoms. The molecule has 1 aromatic carbocycles. The number of nitro groups is 1. The van der Waals surface area contributed by atoms with E-state index < -0.39 is 29.2 Å². The van der Waals surface area contributed by atoms with Crippen LogP contribution in [0.2, 0.25) is 0 Å². The van der Waals surface area contributed by atoms with Crippen LogP contribution in [0.4, 0.5) is 10.5 Å². The van der Waals surface area contributed by atoms with Gasteiger partial charge in [-0.3, -0.25) is 10.1 Å². The number of nitro benzene ring substituents is 1. The van der Waals surface area contributed by atoms with Gasteiger partial charge in [0.25, 0.3) is 5.69 Å². The first kappa shape index (κ1) is 20.8. The number of likely N-dealkylation sites (tertiary alicyclic amines) is 1. The monoisotopic (exact) mass is 390 g/mol. The van der Waals surface area contributed by atoms with Crippen LogP contribution in [0.5, 0.6) is 0 Å². The second-order valence-corrected chi connectivity index (χ2v) is 6.10. The third-order valence-electron chi connectivity index (χ3n) is 4.30. The molecule has 0 aromatic heterocycles. The number of hydrogen-bond donors (Lipinski definition) is 1. The van der Waals surface area contributed by atoms with Crippen LogP contribution in [0.25, 0.3) is 20.9 Å². The fourth-order valence-corrected chi connectivity index (χ4v) is 2.99. The predicted molar refractivity (Wildman–Crippen MR) is 96.0 cm³/mol. The number of benzene rings is 1. The van der Waals surface area contributed by atoms with Gasteiger partial charge < -0.3 is 14.7 Å². The van der Waals surface area contributed by atoms with Crippen LogP contribution in [-0.2, 0) is 11.3 Å². The van der Waals surface area contributed by atoms with Crippen LogP contribution < -0.4 is 0 Å². The van der Waals surface area contributed by atoms with E-state index in [2.05, 4.69) is 20.1 Å². The standard InChI is InChI=1S/C15H18N8O5/c16-20-18-6-5-13(19-21-17)14-7-12(24)8-22(14)15(25)28-9-10-1-3-11(4-2-10)23(26)27/h1-4,12-14,24H,5-9H2/t12-,13?,14+/m1/s1. The van der Waals surface area contributed by atoms with E-state index >= 15 is 0 Å². The first-order valence-electron chi connectivity index (χ1n) is 8.36. The van der Waals surface area contributed by atoms with Crippen LogP contribution >= 0.6 is 0 Å². The number of aliphatic hydroxyl groups is 1. The number of amides is 1. The van der Waals surface area contributed by atoms with Gasteiger partial charge in [0.15, 0.2) is 0 Å². The Hall–Kier alpha value is -3.53. The average molecular weight is 390 g/mol. The van der Waals surface area contributed by atoms with Crippen molar-refractivity contribution < 1.29 is 19.6 Å². The molecule has 1 N–H and O–H groups in total. The van der Waals surface area contributed by atoms with E-state index in [0.717, 1.165) is 0 Å². The molecular weight excluding hydrogens is 372 g/mol. The lowest BCUT2D eigenvalue weighted by Gasteiger charge is -2.28. The summed E-state index contributed by atoms with van der Waals surface area (Å²) in [4.78, 5) is 29.3. The second-order valence-electron chi connectivity index (χ2n) is 6.10. The van der Waals surface area contributed by atoms with Crippen LogP contribution in [-0.4, -0.2) is 52.3 Å². The SMILES string of the molecule is [N-]=[N+]=NCCC(N=[N+]=[N-])[C@@H]1C[C@@H](O)CN1C(=O)OCc1ccc([N+](=O)[O-])cc1. The Morgan fingerprint density at radius 2 is 2.11 bits per heavy atom. The van der Waals surface area contributed by atoms with Crippen molar-refractivity contribution in [1.82, 2.24) is 4.90 Å². The summed E-state index contributed by atoms with van der Waals surface area (Å²) in [6, 6.07) is 4.29. The Balaban J connectivity index is 2.03. The lowest BCUT2D eigenvalue weighted by atomic mass is 10.0. The number of non-ortho nitro benzene ring substituents is 1. The molecule has 1 unspecified atom stereocenters. The highest BCUT2D eigenvalue weighted by Gasteiger charge is 2.39. The number of β-amino-alcohol motifs (C(OH)–C–C–N with tert-alkyl or cyclic N) is 1. The molecule has 0 saturated carbocycles. The molecule has 148 valence electrons. The van der Waals surface area contributed by atoms with Gasteiger partial charge in [0.1, 0.15) is 6.61 Å². The van der Waals surface area contributed by atoms with Crippen molar-refractivity contribution in [2.45, 2.75) is 37.6 Å². The largest absolute Gasteiger partial charge is 0.445 e. The summed E-state index contributed by atoms with van der Waals surface area (Å²) in [5.74, 6) is 0. The number of carbonyl (C=O) groups excluding carboxylic acids is 1. The summed E-state index contributed by atoms with van der Waals surface area (Å²) >= 11 is 0. The molecule has 0 radical (unpaired) electrons. The Kier molecular flexibility index (Phi) is 7.40. The van der Waals surface area contributed by atoms with Crippen molar-refractivity contribution in [3.8, 4) is 0 Å². The molecule has 0 spiro atoms. The molecule has 1 heterocycles. The molecule has 0 aliphatic carbocycles. The molecule has 1 aromatic rings. The fourth-order valence-electron chi connectivity index (χ4n) is 2.99. The topological polar surface area (TPSA) is 190 Å². The highest BCUT2D eigenvalue weighted by Crippen LogP contribution is 2.26. The van der Waals surface area contributed by atoms with E-state index in [9.17, 15) is 20.0 Å². The van der Waals surface area contributed by atoms with E-state index in [4.69, 9.17) is 15.8 Å². The second kappa shape index (κ2) is 9.97. The van der Waals surface area contributed by atoms with Gasteiger partial charge in [0.2, 0.25) is 0 Å². The maximum Gasteiger partial charge on any atom is 0.410 e. The first-order valence-corrected chi connectivity index (χ1v) is 8.36. The van der Waals surface area contributed by atoms with Crippen molar-refractivity contribution in [2.75, 3.05) is 13.1 Å². The molecule has 13 nitrogen and oxygen atoms in total. The Bertz CT molecular complexity index is 803. The lowest BCUT2D eigenvalue weighted by molar-refractivity contribution is -0.384. The number of aliphatic hydroxyl groups excluding tert-OH is 1. The summed E-state index contributed by atoms with van der Waals surface area (Å²) < 4.78 is 5.23. The first-order chi connectivity index (χ1) is 13.5. The fraction of sp³-hybridized carbons (Fsp3) is 0.533. The highest BCUT2D eigenvalue weighted by molar-refractivity contribution is 5.68. The Labute approximate surface area is 158 Å². The Morgan fingerprint density at radius 3 is 2.71 bits per heavy atom. The van der Waals surface area contributed by atoms with Crippen molar-refractivity contribution in [1.29, 1.82) is 0 Å². The van der Waals surface area contributed by atoms with Gasteiger partial charge in [-0.05, 0) is 41.6 Å². The van der Waals surface area contributed by atoms with E-state index in [0.29, 0.717) is 5.56 Å². The zero-order valence-corrected chi connectivity index (χ0v) is 14.7. The van der Waals surface area contributed by atoms with E-state index in [1.165, 1.54) is 29.2 Å². The quantitative estimate of drug-likeness (QED) is 0.234. The zero-order chi connectivity index (χ0) is 20.5. The minimum atomic E-state index is -0.798. The van der Waals surface area contributed by atoms with Crippen molar-refractivity contribution in [3.05, 3.63) is 60.8 Å². The molecule has 3 atom stereocenters. The minimum Gasteiger partial charge on any atom is -0.445 e. The van der Waals surface area contributed by atoms with Crippen LogP contribution in [0.15, 0.2) is 34.5 Å². The number of azide groups is 2. The molecule has 28 heavy (non-hydrogen) atoms. The third-order valence-corrected chi connectivity index (χ3v) is 4.30. The van der Waals surface area contributed by atoms with Crippen molar-refractivity contribution in [3.63, 3.8) is 0 Å². The van der Waals surface area contributed by atoms with E-state index in [-0.39, 0.29) is 38.2 Å². The zero-order valence-electron chi connectivity index (χ0n) is 14.7. The summed E-state index contributed by atoms with van der Waals surface area (Å²) in [5, 5.41) is 27.7. The average Bonchev–Trinajstić information content (AvgIpc) is 3.07. The molecular formula is C15H18N8O5. The molecule has 1 aliphatic rings. The van der Waals surface area contributed by atoms with Gasteiger partial charge in [-0.1, -0.05) is 10.2 Å². The highest BCUT2D eigenvalue weighted by atomic mass is 16.6. The van der Waals surface area contributed by atoms with Gasteiger partial charge in [-0.15, -0.1) is 0 Å². The smallest absolute Gasteiger partial charge is 0.410 e.